The Hall–Kier alpha value is -2.29. The molecule has 0 radical (unpaired) electrons. The molecule has 0 amide bonds. The van der Waals surface area contributed by atoms with Crippen LogP contribution < -0.4 is 5.56 Å². The van der Waals surface area contributed by atoms with Crippen LogP contribution in [0.15, 0.2) is 60.0 Å². The minimum Gasteiger partial charge on any atom is -0.508 e. The van der Waals surface area contributed by atoms with Crippen LogP contribution in [0.1, 0.15) is 5.56 Å². The van der Waals surface area contributed by atoms with Gasteiger partial charge in [-0.1, -0.05) is 24.8 Å². The lowest BCUT2D eigenvalue weighted by molar-refractivity contribution is 0.513. The molecule has 80 valence electrons. The predicted octanol–water partition coefficient (Wildman–Crippen LogP) is 2.37. The van der Waals surface area contributed by atoms with Gasteiger partial charge in [-0.05, 0) is 18.2 Å². The first-order valence-electron chi connectivity index (χ1n) is 4.85. The van der Waals surface area contributed by atoms with Gasteiger partial charge in [-0.15, -0.1) is 0 Å². The van der Waals surface area contributed by atoms with E-state index in [0.29, 0.717) is 5.56 Å². The second-order valence-corrected chi connectivity index (χ2v) is 3.41. The highest BCUT2D eigenvalue weighted by atomic mass is 16.3. The van der Waals surface area contributed by atoms with Crippen LogP contribution >= 0.6 is 0 Å². The van der Waals surface area contributed by atoms with Gasteiger partial charge in [0.15, 0.2) is 0 Å². The fourth-order valence-electron chi connectivity index (χ4n) is 1.45. The van der Waals surface area contributed by atoms with Crippen LogP contribution in [0.4, 0.5) is 0 Å². The largest absolute Gasteiger partial charge is 0.508 e. The van der Waals surface area contributed by atoms with Crippen molar-refractivity contribution < 1.29 is 5.11 Å². The van der Waals surface area contributed by atoms with Crippen molar-refractivity contribution in [1.82, 2.24) is 4.57 Å². The van der Waals surface area contributed by atoms with Gasteiger partial charge in [0.25, 0.3) is 5.56 Å². The van der Waals surface area contributed by atoms with Crippen molar-refractivity contribution >= 4 is 5.76 Å². The summed E-state index contributed by atoms with van der Waals surface area (Å²) in [6, 6.07) is 12.2. The summed E-state index contributed by atoms with van der Waals surface area (Å²) in [6.45, 7) is 3.43. The highest BCUT2D eigenvalue weighted by Gasteiger charge is 2.02. The third-order valence-electron chi connectivity index (χ3n) is 2.28. The van der Waals surface area contributed by atoms with E-state index in [0.717, 1.165) is 5.69 Å². The lowest BCUT2D eigenvalue weighted by Crippen LogP contribution is -2.16. The number of pyridine rings is 1. The van der Waals surface area contributed by atoms with Crippen molar-refractivity contribution in [2.75, 3.05) is 0 Å². The Balaban J connectivity index is 2.61. The SMILES string of the molecule is C=C(O)c1ccc(=O)n(-c2ccccc2)c1. The monoisotopic (exact) mass is 213 g/mol. The first-order valence-corrected chi connectivity index (χ1v) is 4.85. The number of aliphatic hydroxyl groups is 1. The number of aliphatic hydroxyl groups excluding tert-OH is 1. The molecule has 0 atom stereocenters. The molecule has 16 heavy (non-hydrogen) atoms. The molecule has 2 rings (SSSR count). The maximum absolute atomic E-state index is 11.6. The quantitative estimate of drug-likeness (QED) is 0.778. The molecule has 0 saturated heterocycles. The maximum atomic E-state index is 11.6. The van der Waals surface area contributed by atoms with E-state index >= 15 is 0 Å². The second kappa shape index (κ2) is 4.06. The van der Waals surface area contributed by atoms with E-state index in [1.807, 2.05) is 30.3 Å². The molecule has 0 aliphatic rings. The van der Waals surface area contributed by atoms with Crippen molar-refractivity contribution in [3.8, 4) is 5.69 Å². The Bertz CT molecular complexity index is 570. The van der Waals surface area contributed by atoms with Crippen molar-refractivity contribution in [2.24, 2.45) is 0 Å². The third kappa shape index (κ3) is 1.88. The molecular formula is C13H11NO2. The molecule has 2 aromatic rings. The van der Waals surface area contributed by atoms with Crippen LogP contribution in [0.2, 0.25) is 0 Å². The topological polar surface area (TPSA) is 42.2 Å². The van der Waals surface area contributed by atoms with E-state index in [4.69, 9.17) is 0 Å². The zero-order chi connectivity index (χ0) is 11.5. The third-order valence-corrected chi connectivity index (χ3v) is 2.28. The molecule has 1 heterocycles. The molecular weight excluding hydrogens is 202 g/mol. The van der Waals surface area contributed by atoms with Crippen LogP contribution in [0.25, 0.3) is 11.4 Å². The Morgan fingerprint density at radius 1 is 1.12 bits per heavy atom. The number of nitrogens with zero attached hydrogens (tertiary/aromatic N) is 1. The van der Waals surface area contributed by atoms with E-state index in [9.17, 15) is 9.90 Å². The first-order chi connectivity index (χ1) is 7.68. The second-order valence-electron chi connectivity index (χ2n) is 3.41. The fourth-order valence-corrected chi connectivity index (χ4v) is 1.45. The predicted molar refractivity (Wildman–Crippen MR) is 63.7 cm³/mol. The first kappa shape index (κ1) is 10.2. The summed E-state index contributed by atoms with van der Waals surface area (Å²) < 4.78 is 1.47. The molecule has 0 aliphatic carbocycles. The molecule has 0 aliphatic heterocycles. The van der Waals surface area contributed by atoms with Crippen LogP contribution in [-0.2, 0) is 0 Å². The minimum atomic E-state index is -0.142. The summed E-state index contributed by atoms with van der Waals surface area (Å²) in [5.74, 6) is -0.0512. The van der Waals surface area contributed by atoms with Gasteiger partial charge in [0.2, 0.25) is 0 Å². The van der Waals surface area contributed by atoms with Crippen molar-refractivity contribution in [3.63, 3.8) is 0 Å². The average molecular weight is 213 g/mol. The zero-order valence-electron chi connectivity index (χ0n) is 8.63. The lowest BCUT2D eigenvalue weighted by Gasteiger charge is -2.07. The summed E-state index contributed by atoms with van der Waals surface area (Å²) in [5, 5.41) is 9.28. The van der Waals surface area contributed by atoms with Crippen LogP contribution in [0, 0.1) is 0 Å². The molecule has 1 N–H and O–H groups in total. The number of hydrogen-bond donors (Lipinski definition) is 1. The van der Waals surface area contributed by atoms with E-state index < -0.39 is 0 Å². The molecule has 0 saturated carbocycles. The van der Waals surface area contributed by atoms with E-state index in [1.54, 1.807) is 12.3 Å². The Kier molecular flexibility index (Phi) is 2.60. The summed E-state index contributed by atoms with van der Waals surface area (Å²) >= 11 is 0. The average Bonchev–Trinajstić information content (AvgIpc) is 2.30. The fraction of sp³-hybridized carbons (Fsp3) is 0. The number of benzene rings is 1. The summed E-state index contributed by atoms with van der Waals surface area (Å²) in [5.41, 5.74) is 1.15. The van der Waals surface area contributed by atoms with Gasteiger partial charge in [-0.25, -0.2) is 0 Å². The van der Waals surface area contributed by atoms with E-state index in [1.165, 1.54) is 10.6 Å². The molecule has 1 aromatic heterocycles. The van der Waals surface area contributed by atoms with E-state index in [2.05, 4.69) is 6.58 Å². The molecule has 0 spiro atoms. The van der Waals surface area contributed by atoms with E-state index in [-0.39, 0.29) is 11.3 Å². The molecule has 0 bridgehead atoms. The number of hydrogen-bond acceptors (Lipinski definition) is 2. The normalized spacial score (nSPS) is 10.0. The van der Waals surface area contributed by atoms with Crippen molar-refractivity contribution in [1.29, 1.82) is 0 Å². The van der Waals surface area contributed by atoms with Crippen LogP contribution in [0.3, 0.4) is 0 Å². The highest BCUT2D eigenvalue weighted by molar-refractivity contribution is 5.55. The Morgan fingerprint density at radius 3 is 2.44 bits per heavy atom. The summed E-state index contributed by atoms with van der Waals surface area (Å²) in [7, 11) is 0. The summed E-state index contributed by atoms with van der Waals surface area (Å²) in [6.07, 6.45) is 1.57. The standard InChI is InChI=1S/C13H11NO2/c1-10(15)11-7-8-13(16)14(9-11)12-5-3-2-4-6-12/h2-9,15H,1H2. The van der Waals surface area contributed by atoms with Crippen molar-refractivity contribution in [3.05, 3.63) is 71.2 Å². The van der Waals surface area contributed by atoms with Gasteiger partial charge in [-0.3, -0.25) is 9.36 Å². The smallest absolute Gasteiger partial charge is 0.255 e. The molecule has 0 unspecified atom stereocenters. The molecule has 3 nitrogen and oxygen atoms in total. The van der Waals surface area contributed by atoms with Crippen LogP contribution in [0.5, 0.6) is 0 Å². The Labute approximate surface area is 92.9 Å². The minimum absolute atomic E-state index is 0.0512. The number of para-hydroxylation sites is 1. The molecule has 0 fully saturated rings. The van der Waals surface area contributed by atoms with Gasteiger partial charge in [0.05, 0.1) is 0 Å². The van der Waals surface area contributed by atoms with Gasteiger partial charge < -0.3 is 5.11 Å². The highest BCUT2D eigenvalue weighted by Crippen LogP contribution is 2.09. The molecule has 1 aromatic carbocycles. The number of aromatic nitrogens is 1. The van der Waals surface area contributed by atoms with Gasteiger partial charge >= 0.3 is 0 Å². The van der Waals surface area contributed by atoms with Crippen molar-refractivity contribution in [2.45, 2.75) is 0 Å². The summed E-state index contributed by atoms with van der Waals surface area (Å²) in [4.78, 5) is 11.6. The zero-order valence-corrected chi connectivity index (χ0v) is 8.63. The number of rotatable bonds is 2. The van der Waals surface area contributed by atoms with Gasteiger partial charge in [-0.2, -0.15) is 0 Å². The lowest BCUT2D eigenvalue weighted by atomic mass is 10.2. The maximum Gasteiger partial charge on any atom is 0.255 e. The Morgan fingerprint density at radius 2 is 1.81 bits per heavy atom. The van der Waals surface area contributed by atoms with Crippen LogP contribution in [-0.4, -0.2) is 9.67 Å². The molecule has 3 heteroatoms. The van der Waals surface area contributed by atoms with Gasteiger partial charge in [0, 0.05) is 23.5 Å². The van der Waals surface area contributed by atoms with Gasteiger partial charge in [0.1, 0.15) is 5.76 Å².